The number of aromatic nitrogens is 2. The van der Waals surface area contributed by atoms with E-state index in [1.54, 1.807) is 0 Å². The number of fused-ring (bicyclic) bond motifs is 3. The third-order valence-electron chi connectivity index (χ3n) is 7.73. The predicted molar refractivity (Wildman–Crippen MR) is 125 cm³/mol. The molecule has 38 heavy (non-hydrogen) atoms. The zero-order chi connectivity index (χ0) is 27.5. The van der Waals surface area contributed by atoms with Gasteiger partial charge in [0.15, 0.2) is 34.7 Å². The summed E-state index contributed by atoms with van der Waals surface area (Å²) < 4.78 is 0. The molecule has 1 heterocycles. The Bertz CT molecular complexity index is 1510. The number of primary amides is 1. The lowest BCUT2D eigenvalue weighted by atomic mass is 9.53. The third-order valence-corrected chi connectivity index (χ3v) is 7.73. The smallest absolute Gasteiger partial charge is 0.270 e. The number of carbonyl (C=O) groups excluding carboxylic acids is 6. The highest BCUT2D eigenvalue weighted by Crippen LogP contribution is 2.50. The Morgan fingerprint density at radius 3 is 2.55 bits per heavy atom. The number of nitrogens with one attached hydrogen (secondary N) is 2. The standard InChI is InChI=1S/C25H22N4O9/c26-23(36)19-15(31)5-11-3-10-4-12-9(7-27-24(37)13-6-16(32)29-8-28-13)1-2-14(30)18(12)20(33)17(10)21(34)25(11,38)22(19)35/h1-2,6,8,10-11,17,19,30,38H,3-5,7H2,(H2,26,36)(H,27,37)(H,28,29,32)/t10-,11+,17?,19?,25+/m1/s1. The van der Waals surface area contributed by atoms with Crippen LogP contribution in [0.1, 0.15) is 44.8 Å². The molecule has 13 nitrogen and oxygen atoms in total. The first-order chi connectivity index (χ1) is 17.9. The number of hydrogen-bond acceptors (Lipinski definition) is 10. The number of rotatable bonds is 4. The lowest BCUT2D eigenvalue weighted by Gasteiger charge is -2.48. The maximum Gasteiger partial charge on any atom is 0.270 e. The van der Waals surface area contributed by atoms with Crippen molar-refractivity contribution < 1.29 is 39.0 Å². The van der Waals surface area contributed by atoms with Gasteiger partial charge in [0.2, 0.25) is 5.91 Å². The molecule has 2 fully saturated rings. The zero-order valence-corrected chi connectivity index (χ0v) is 19.7. The molecular formula is C25H22N4O9. The molecule has 0 bridgehead atoms. The highest BCUT2D eigenvalue weighted by atomic mass is 16.3. The third kappa shape index (κ3) is 3.65. The van der Waals surface area contributed by atoms with Crippen LogP contribution in [-0.4, -0.2) is 60.7 Å². The van der Waals surface area contributed by atoms with Gasteiger partial charge in [0.05, 0.1) is 17.8 Å². The van der Waals surface area contributed by atoms with Crippen LogP contribution >= 0.6 is 0 Å². The minimum absolute atomic E-state index is 0.0424. The fraction of sp³-hybridized carbons (Fsp3) is 0.360. The van der Waals surface area contributed by atoms with Crippen LogP contribution in [0.15, 0.2) is 29.3 Å². The van der Waals surface area contributed by atoms with Crippen LogP contribution in [0.5, 0.6) is 5.75 Å². The fourth-order valence-corrected chi connectivity index (χ4v) is 5.96. The van der Waals surface area contributed by atoms with Crippen molar-refractivity contribution in [2.75, 3.05) is 0 Å². The molecule has 5 rings (SSSR count). The highest BCUT2D eigenvalue weighted by molar-refractivity contribution is 6.31. The quantitative estimate of drug-likeness (QED) is 0.287. The average molecular weight is 522 g/mol. The van der Waals surface area contributed by atoms with E-state index in [1.165, 1.54) is 12.1 Å². The summed E-state index contributed by atoms with van der Waals surface area (Å²) in [4.78, 5) is 94.2. The monoisotopic (exact) mass is 522 g/mol. The number of phenols is 1. The summed E-state index contributed by atoms with van der Waals surface area (Å²) in [6, 6.07) is 3.74. The SMILES string of the molecule is NC(=O)C1C(=O)C[C@@H]2C[C@@H]3Cc4c(CNC(=O)c5cc(=O)[nH]cn5)ccc(O)c4C(=O)C3C(=O)[C@]2(O)C1=O. The molecule has 0 radical (unpaired) electrons. The van der Waals surface area contributed by atoms with Crippen molar-refractivity contribution in [1.82, 2.24) is 15.3 Å². The van der Waals surface area contributed by atoms with Crippen LogP contribution in [0, 0.1) is 23.7 Å². The predicted octanol–water partition coefficient (Wildman–Crippen LogP) is -1.66. The molecule has 13 heteroatoms. The largest absolute Gasteiger partial charge is 0.507 e. The van der Waals surface area contributed by atoms with Crippen molar-refractivity contribution in [2.24, 2.45) is 29.4 Å². The molecule has 2 amide bonds. The van der Waals surface area contributed by atoms with Crippen LogP contribution < -0.4 is 16.6 Å². The molecule has 196 valence electrons. The molecule has 1 aromatic carbocycles. The van der Waals surface area contributed by atoms with Gasteiger partial charge in [-0.1, -0.05) is 6.07 Å². The minimum atomic E-state index is -2.72. The fourth-order valence-electron chi connectivity index (χ4n) is 5.96. The van der Waals surface area contributed by atoms with Crippen molar-refractivity contribution in [1.29, 1.82) is 0 Å². The van der Waals surface area contributed by atoms with Gasteiger partial charge in [-0.05, 0) is 36.0 Å². The number of aromatic hydroxyl groups is 1. The van der Waals surface area contributed by atoms with Gasteiger partial charge in [0.25, 0.3) is 11.5 Å². The Morgan fingerprint density at radius 1 is 1.13 bits per heavy atom. The first kappa shape index (κ1) is 25.1. The van der Waals surface area contributed by atoms with Gasteiger partial charge in [0, 0.05) is 24.9 Å². The number of ketones is 4. The van der Waals surface area contributed by atoms with Gasteiger partial charge in [-0.2, -0.15) is 0 Å². The van der Waals surface area contributed by atoms with E-state index < -0.39 is 81.9 Å². The molecule has 5 atom stereocenters. The molecule has 0 saturated heterocycles. The highest BCUT2D eigenvalue weighted by Gasteiger charge is 2.66. The molecule has 1 aromatic heterocycles. The maximum atomic E-state index is 13.5. The van der Waals surface area contributed by atoms with Gasteiger partial charge < -0.3 is 26.2 Å². The van der Waals surface area contributed by atoms with E-state index in [9.17, 15) is 43.8 Å². The van der Waals surface area contributed by atoms with E-state index in [4.69, 9.17) is 5.73 Å². The van der Waals surface area contributed by atoms with Gasteiger partial charge in [0.1, 0.15) is 11.4 Å². The number of benzene rings is 1. The van der Waals surface area contributed by atoms with Crippen molar-refractivity contribution in [2.45, 2.75) is 31.4 Å². The lowest BCUT2D eigenvalue weighted by molar-refractivity contribution is -0.175. The Balaban J connectivity index is 1.47. The number of nitrogens with two attached hydrogens (primary N) is 1. The van der Waals surface area contributed by atoms with E-state index >= 15 is 0 Å². The summed E-state index contributed by atoms with van der Waals surface area (Å²) in [6.45, 7) is -0.0980. The minimum Gasteiger partial charge on any atom is -0.507 e. The van der Waals surface area contributed by atoms with Crippen molar-refractivity contribution in [3.63, 3.8) is 0 Å². The van der Waals surface area contributed by atoms with Gasteiger partial charge in [-0.15, -0.1) is 0 Å². The molecule has 6 N–H and O–H groups in total. The van der Waals surface area contributed by atoms with Gasteiger partial charge >= 0.3 is 0 Å². The Morgan fingerprint density at radius 2 is 1.87 bits per heavy atom. The summed E-state index contributed by atoms with van der Waals surface area (Å²) in [5.74, 6) is -11.7. The van der Waals surface area contributed by atoms with Crippen molar-refractivity contribution in [3.05, 3.63) is 57.3 Å². The number of hydrogen-bond donors (Lipinski definition) is 5. The summed E-state index contributed by atoms with van der Waals surface area (Å²) >= 11 is 0. The maximum absolute atomic E-state index is 13.5. The average Bonchev–Trinajstić information content (AvgIpc) is 2.85. The number of aliphatic hydroxyl groups is 1. The second-order valence-electron chi connectivity index (χ2n) is 9.82. The normalized spacial score (nSPS) is 28.2. The lowest BCUT2D eigenvalue weighted by Crippen LogP contribution is -2.68. The van der Waals surface area contributed by atoms with Gasteiger partial charge in [-0.3, -0.25) is 33.6 Å². The van der Waals surface area contributed by atoms with Crippen LogP contribution in [0.2, 0.25) is 0 Å². The van der Waals surface area contributed by atoms with Crippen LogP contribution in [0.3, 0.4) is 0 Å². The Labute approximate surface area is 213 Å². The molecule has 3 aliphatic carbocycles. The molecule has 0 aliphatic heterocycles. The second kappa shape index (κ2) is 8.80. The number of aromatic amines is 1. The van der Waals surface area contributed by atoms with Crippen LogP contribution in [-0.2, 0) is 32.1 Å². The van der Waals surface area contributed by atoms with E-state index in [0.29, 0.717) is 11.1 Å². The summed E-state index contributed by atoms with van der Waals surface area (Å²) in [5, 5.41) is 24.3. The first-order valence-electron chi connectivity index (χ1n) is 11.8. The van der Waals surface area contributed by atoms with E-state index in [-0.39, 0.29) is 30.6 Å². The number of nitrogens with zero attached hydrogens (tertiary/aromatic N) is 1. The zero-order valence-electron chi connectivity index (χ0n) is 19.7. The number of carbonyl (C=O) groups is 6. The van der Waals surface area contributed by atoms with Crippen molar-refractivity contribution in [3.8, 4) is 5.75 Å². The molecule has 2 unspecified atom stereocenters. The molecular weight excluding hydrogens is 500 g/mol. The number of phenolic OH excluding ortho intramolecular Hbond substituents is 1. The van der Waals surface area contributed by atoms with Crippen molar-refractivity contribution >= 4 is 34.9 Å². The van der Waals surface area contributed by atoms with Crippen LogP contribution in [0.25, 0.3) is 0 Å². The Hall–Kier alpha value is -4.52. The topological polar surface area (TPSA) is 227 Å². The Kier molecular flexibility index (Phi) is 5.82. The number of Topliss-reactive ketones (excluding diaryl/α,β-unsaturated/α-hetero) is 4. The van der Waals surface area contributed by atoms with Gasteiger partial charge in [-0.25, -0.2) is 4.98 Å². The number of H-pyrrole nitrogens is 1. The second-order valence-corrected chi connectivity index (χ2v) is 9.82. The number of amides is 2. The van der Waals surface area contributed by atoms with Crippen LogP contribution in [0.4, 0.5) is 0 Å². The van der Waals surface area contributed by atoms with E-state index in [1.807, 2.05) is 0 Å². The summed E-state index contributed by atoms with van der Waals surface area (Å²) in [5.41, 5.74) is 2.46. The van der Waals surface area contributed by atoms with E-state index in [0.717, 1.165) is 12.4 Å². The molecule has 3 aliphatic rings. The first-order valence-corrected chi connectivity index (χ1v) is 11.8. The summed E-state index contributed by atoms with van der Waals surface area (Å²) in [6.07, 6.45) is 0.678. The molecule has 2 saturated carbocycles. The molecule has 2 aromatic rings. The van der Waals surface area contributed by atoms with E-state index in [2.05, 4.69) is 15.3 Å². The molecule has 0 spiro atoms. The summed E-state index contributed by atoms with van der Waals surface area (Å²) in [7, 11) is 0.